The van der Waals surface area contributed by atoms with E-state index in [0.29, 0.717) is 16.4 Å². The van der Waals surface area contributed by atoms with Crippen LogP contribution < -0.4 is 5.32 Å². The number of aromatic carboxylic acids is 1. The van der Waals surface area contributed by atoms with Gasteiger partial charge in [-0.1, -0.05) is 23.7 Å². The fraction of sp³-hybridized carbons (Fsp3) is 0.0526. The number of carboxylic acids is 1. The van der Waals surface area contributed by atoms with Gasteiger partial charge >= 0.3 is 5.97 Å². The lowest BCUT2D eigenvalue weighted by atomic mass is 10.1. The van der Waals surface area contributed by atoms with Gasteiger partial charge in [-0.25, -0.2) is 9.78 Å². The SMILES string of the molecule is Cc1scc2c1c(Nc1cccc(Cl)c1)nc1cc(C(=O)O)ccc12. The Balaban J connectivity index is 1.96. The molecule has 0 saturated heterocycles. The van der Waals surface area contributed by atoms with Gasteiger partial charge in [0.2, 0.25) is 0 Å². The number of carboxylic acid groups (broad SMARTS) is 1. The Bertz CT molecular complexity index is 1140. The lowest BCUT2D eigenvalue weighted by Gasteiger charge is -2.11. The molecule has 0 amide bonds. The lowest BCUT2D eigenvalue weighted by molar-refractivity contribution is 0.0697. The number of benzene rings is 2. The summed E-state index contributed by atoms with van der Waals surface area (Å²) in [4.78, 5) is 17.1. The van der Waals surface area contributed by atoms with Crippen molar-refractivity contribution in [1.29, 1.82) is 0 Å². The molecule has 4 aromatic rings. The fourth-order valence-electron chi connectivity index (χ4n) is 2.90. The Morgan fingerprint density at radius 3 is 2.80 bits per heavy atom. The molecule has 0 fully saturated rings. The standard InChI is InChI=1S/C19H13ClN2O2S/c1-10-17-15(9-25-10)14-6-5-11(19(23)24)7-16(14)22-18(17)21-13-4-2-3-12(20)8-13/h2-9H,1H3,(H,21,22)(H,23,24). The highest BCUT2D eigenvalue weighted by atomic mass is 35.5. The van der Waals surface area contributed by atoms with Crippen LogP contribution in [0.3, 0.4) is 0 Å². The molecule has 0 atom stereocenters. The normalized spacial score (nSPS) is 11.1. The molecule has 4 rings (SSSR count). The van der Waals surface area contributed by atoms with Crippen LogP contribution in [-0.4, -0.2) is 16.1 Å². The minimum Gasteiger partial charge on any atom is -0.478 e. The number of rotatable bonds is 3. The number of thiophene rings is 1. The average molecular weight is 369 g/mol. The molecule has 6 heteroatoms. The van der Waals surface area contributed by atoms with E-state index in [4.69, 9.17) is 16.6 Å². The average Bonchev–Trinajstić information content (AvgIpc) is 2.97. The van der Waals surface area contributed by atoms with E-state index in [9.17, 15) is 9.90 Å². The van der Waals surface area contributed by atoms with E-state index >= 15 is 0 Å². The number of carbonyl (C=O) groups is 1. The minimum atomic E-state index is -0.963. The number of nitrogens with one attached hydrogen (secondary N) is 1. The van der Waals surface area contributed by atoms with E-state index in [2.05, 4.69) is 17.6 Å². The van der Waals surface area contributed by atoms with Crippen LogP contribution >= 0.6 is 22.9 Å². The molecule has 25 heavy (non-hydrogen) atoms. The second-order valence-electron chi connectivity index (χ2n) is 5.71. The van der Waals surface area contributed by atoms with Gasteiger partial charge in [-0.05, 0) is 42.6 Å². The van der Waals surface area contributed by atoms with E-state index in [1.165, 1.54) is 0 Å². The molecule has 0 radical (unpaired) electrons. The summed E-state index contributed by atoms with van der Waals surface area (Å²) in [5.74, 6) is -0.263. The molecule has 0 spiro atoms. The number of hydrogen-bond donors (Lipinski definition) is 2. The van der Waals surface area contributed by atoms with Crippen molar-refractivity contribution in [3.05, 3.63) is 63.3 Å². The minimum absolute atomic E-state index is 0.222. The summed E-state index contributed by atoms with van der Waals surface area (Å²) in [6.45, 7) is 2.05. The van der Waals surface area contributed by atoms with Gasteiger partial charge in [0.05, 0.1) is 11.1 Å². The van der Waals surface area contributed by atoms with E-state index in [1.54, 1.807) is 23.5 Å². The number of aryl methyl sites for hydroxylation is 1. The van der Waals surface area contributed by atoms with E-state index in [0.717, 1.165) is 26.7 Å². The van der Waals surface area contributed by atoms with Crippen LogP contribution in [0.25, 0.3) is 21.7 Å². The topological polar surface area (TPSA) is 62.2 Å². The molecule has 0 bridgehead atoms. The smallest absolute Gasteiger partial charge is 0.335 e. The molecule has 0 aliphatic rings. The third kappa shape index (κ3) is 2.81. The third-order valence-corrected chi connectivity index (χ3v) is 5.21. The van der Waals surface area contributed by atoms with Crippen LogP contribution in [0.1, 0.15) is 15.2 Å². The molecular weight excluding hydrogens is 356 g/mol. The van der Waals surface area contributed by atoms with Gasteiger partial charge in [0.25, 0.3) is 0 Å². The van der Waals surface area contributed by atoms with E-state index in [1.807, 2.05) is 30.3 Å². The highest BCUT2D eigenvalue weighted by Gasteiger charge is 2.14. The number of fused-ring (bicyclic) bond motifs is 3. The second-order valence-corrected chi connectivity index (χ2v) is 7.23. The first-order valence-corrected chi connectivity index (χ1v) is 8.86. The monoisotopic (exact) mass is 368 g/mol. The van der Waals surface area contributed by atoms with Crippen LogP contribution in [0.15, 0.2) is 47.8 Å². The van der Waals surface area contributed by atoms with Gasteiger partial charge in [-0.2, -0.15) is 0 Å². The number of pyridine rings is 1. The summed E-state index contributed by atoms with van der Waals surface area (Å²) < 4.78 is 0. The Morgan fingerprint density at radius 1 is 1.20 bits per heavy atom. The summed E-state index contributed by atoms with van der Waals surface area (Å²) in [6.07, 6.45) is 0. The first-order valence-electron chi connectivity index (χ1n) is 7.60. The molecule has 0 saturated carbocycles. The molecule has 4 nitrogen and oxygen atoms in total. The Hall–Kier alpha value is -2.63. The summed E-state index contributed by atoms with van der Waals surface area (Å²) in [6, 6.07) is 12.5. The Morgan fingerprint density at radius 2 is 2.04 bits per heavy atom. The quantitative estimate of drug-likeness (QED) is 0.476. The highest BCUT2D eigenvalue weighted by Crippen LogP contribution is 2.37. The van der Waals surface area contributed by atoms with Crippen LogP contribution in [-0.2, 0) is 0 Å². The van der Waals surface area contributed by atoms with E-state index in [-0.39, 0.29) is 5.56 Å². The Labute approximate surface area is 152 Å². The fourth-order valence-corrected chi connectivity index (χ4v) is 3.96. The number of aromatic nitrogens is 1. The van der Waals surface area contributed by atoms with Gasteiger partial charge in [0.1, 0.15) is 5.82 Å². The molecule has 0 unspecified atom stereocenters. The van der Waals surface area contributed by atoms with Gasteiger partial charge in [-0.15, -0.1) is 11.3 Å². The maximum absolute atomic E-state index is 11.3. The third-order valence-electron chi connectivity index (χ3n) is 4.07. The summed E-state index contributed by atoms with van der Waals surface area (Å²) >= 11 is 7.72. The van der Waals surface area contributed by atoms with Crippen LogP contribution in [0, 0.1) is 6.92 Å². The summed E-state index contributed by atoms with van der Waals surface area (Å²) in [5.41, 5.74) is 1.70. The number of nitrogens with zero attached hydrogens (tertiary/aromatic N) is 1. The predicted octanol–water partition coefficient (Wildman–Crippen LogP) is 5.85. The van der Waals surface area contributed by atoms with Crippen LogP contribution in [0.5, 0.6) is 0 Å². The zero-order chi connectivity index (χ0) is 17.6. The zero-order valence-electron chi connectivity index (χ0n) is 13.2. The van der Waals surface area contributed by atoms with Gasteiger partial charge in [0.15, 0.2) is 0 Å². The van der Waals surface area contributed by atoms with Gasteiger partial charge in [-0.3, -0.25) is 0 Å². The predicted molar refractivity (Wildman–Crippen MR) is 104 cm³/mol. The molecular formula is C19H13ClN2O2S. The van der Waals surface area contributed by atoms with Crippen molar-refractivity contribution in [3.8, 4) is 0 Å². The molecule has 2 aromatic carbocycles. The summed E-state index contributed by atoms with van der Waals surface area (Å²) in [7, 11) is 0. The summed E-state index contributed by atoms with van der Waals surface area (Å²) in [5, 5.41) is 18.3. The number of halogens is 1. The molecule has 2 heterocycles. The molecule has 124 valence electrons. The van der Waals surface area contributed by atoms with Gasteiger partial charge in [0, 0.05) is 31.7 Å². The Kier molecular flexibility index (Phi) is 3.82. The van der Waals surface area contributed by atoms with Crippen molar-refractivity contribution in [1.82, 2.24) is 4.98 Å². The zero-order valence-corrected chi connectivity index (χ0v) is 14.8. The first-order chi connectivity index (χ1) is 12.0. The van der Waals surface area contributed by atoms with Crippen LogP contribution in [0.2, 0.25) is 5.02 Å². The highest BCUT2D eigenvalue weighted by molar-refractivity contribution is 7.11. The number of hydrogen-bond acceptors (Lipinski definition) is 4. The largest absolute Gasteiger partial charge is 0.478 e. The van der Waals surface area contributed by atoms with Crippen molar-refractivity contribution >= 4 is 62.1 Å². The van der Waals surface area contributed by atoms with Crippen molar-refractivity contribution in [2.75, 3.05) is 5.32 Å². The van der Waals surface area contributed by atoms with Crippen molar-refractivity contribution in [2.24, 2.45) is 0 Å². The van der Waals surface area contributed by atoms with Crippen molar-refractivity contribution < 1.29 is 9.90 Å². The van der Waals surface area contributed by atoms with Crippen molar-refractivity contribution in [2.45, 2.75) is 6.92 Å². The van der Waals surface area contributed by atoms with E-state index < -0.39 is 5.97 Å². The lowest BCUT2D eigenvalue weighted by Crippen LogP contribution is -1.99. The molecule has 0 aliphatic carbocycles. The second kappa shape index (κ2) is 6.02. The molecule has 2 aromatic heterocycles. The molecule has 0 aliphatic heterocycles. The maximum Gasteiger partial charge on any atom is 0.335 e. The maximum atomic E-state index is 11.3. The molecule has 2 N–H and O–H groups in total. The van der Waals surface area contributed by atoms with Crippen LogP contribution in [0.4, 0.5) is 11.5 Å². The van der Waals surface area contributed by atoms with Gasteiger partial charge < -0.3 is 10.4 Å². The first kappa shape index (κ1) is 15.9. The van der Waals surface area contributed by atoms with Crippen molar-refractivity contribution in [3.63, 3.8) is 0 Å². The number of anilines is 2.